The summed E-state index contributed by atoms with van der Waals surface area (Å²) in [5.74, 6) is 1.99. The van der Waals surface area contributed by atoms with Gasteiger partial charge in [0.25, 0.3) is 0 Å². The third-order valence-corrected chi connectivity index (χ3v) is 3.34. The van der Waals surface area contributed by atoms with E-state index in [0.717, 1.165) is 24.5 Å². The van der Waals surface area contributed by atoms with Gasteiger partial charge in [0.1, 0.15) is 17.6 Å². The molecule has 2 aromatic rings. The topological polar surface area (TPSA) is 34.4 Å². The highest BCUT2D eigenvalue weighted by Gasteiger charge is 2.22. The lowest BCUT2D eigenvalue weighted by Crippen LogP contribution is -2.31. The molecule has 1 aromatic carbocycles. The first-order valence-corrected chi connectivity index (χ1v) is 6.34. The van der Waals surface area contributed by atoms with Crippen LogP contribution in [0.4, 0.5) is 0 Å². The highest BCUT2D eigenvalue weighted by atomic mass is 16.5. The minimum atomic E-state index is 0.215. The number of hydrogen-bond acceptors (Lipinski definition) is 3. The Kier molecular flexibility index (Phi) is 3.07. The average molecular weight is 243 g/mol. The third kappa shape index (κ3) is 2.27. The van der Waals surface area contributed by atoms with Crippen molar-refractivity contribution >= 4 is 0 Å². The van der Waals surface area contributed by atoms with Gasteiger partial charge in [-0.3, -0.25) is 0 Å². The third-order valence-electron chi connectivity index (χ3n) is 3.34. The molecule has 1 aromatic heterocycles. The van der Waals surface area contributed by atoms with Gasteiger partial charge in [-0.25, -0.2) is 0 Å². The highest BCUT2D eigenvalue weighted by molar-refractivity contribution is 5.37. The van der Waals surface area contributed by atoms with E-state index in [0.29, 0.717) is 0 Å². The number of benzene rings is 1. The molecular weight excluding hydrogens is 226 g/mol. The molecule has 1 unspecified atom stereocenters. The maximum atomic E-state index is 5.88. The van der Waals surface area contributed by atoms with Crippen molar-refractivity contribution in [3.8, 4) is 5.75 Å². The number of hydrogen-bond donors (Lipinski definition) is 1. The Balaban J connectivity index is 1.54. The SMILES string of the molecule is C[C@H](NCC1Cc2ccccc2O1)c1ccco1. The molecule has 18 heavy (non-hydrogen) atoms. The van der Waals surface area contributed by atoms with Crippen molar-refractivity contribution in [2.24, 2.45) is 0 Å². The Morgan fingerprint density at radius 1 is 1.28 bits per heavy atom. The van der Waals surface area contributed by atoms with Crippen molar-refractivity contribution in [1.82, 2.24) is 5.32 Å². The molecule has 1 aliphatic rings. The molecule has 0 radical (unpaired) electrons. The molecule has 3 rings (SSSR count). The standard InChI is InChI=1S/C15H17NO2/c1-11(14-7-4-8-17-14)16-10-13-9-12-5-2-3-6-15(12)18-13/h2-8,11,13,16H,9-10H2,1H3/t11-,13?/m0/s1. The molecule has 0 amide bonds. The van der Waals surface area contributed by atoms with Crippen molar-refractivity contribution < 1.29 is 9.15 Å². The molecule has 0 saturated heterocycles. The minimum absolute atomic E-state index is 0.215. The molecule has 0 spiro atoms. The lowest BCUT2D eigenvalue weighted by molar-refractivity contribution is 0.220. The van der Waals surface area contributed by atoms with Crippen LogP contribution in [-0.4, -0.2) is 12.6 Å². The Bertz CT molecular complexity index is 482. The highest BCUT2D eigenvalue weighted by Crippen LogP contribution is 2.28. The molecule has 0 saturated carbocycles. The van der Waals surface area contributed by atoms with Crippen LogP contribution < -0.4 is 10.1 Å². The first-order chi connectivity index (χ1) is 8.83. The molecule has 3 nitrogen and oxygen atoms in total. The molecule has 0 bridgehead atoms. The zero-order chi connectivity index (χ0) is 12.4. The number of para-hydroxylation sites is 1. The van der Waals surface area contributed by atoms with Gasteiger partial charge in [-0.15, -0.1) is 0 Å². The van der Waals surface area contributed by atoms with Crippen LogP contribution in [0.2, 0.25) is 0 Å². The van der Waals surface area contributed by atoms with Gasteiger partial charge >= 0.3 is 0 Å². The molecule has 2 heterocycles. The fourth-order valence-corrected chi connectivity index (χ4v) is 2.31. The smallest absolute Gasteiger partial charge is 0.123 e. The molecule has 3 heteroatoms. The van der Waals surface area contributed by atoms with E-state index in [2.05, 4.69) is 24.4 Å². The molecule has 2 atom stereocenters. The van der Waals surface area contributed by atoms with E-state index in [1.54, 1.807) is 6.26 Å². The van der Waals surface area contributed by atoms with Crippen LogP contribution in [0.5, 0.6) is 5.75 Å². The Morgan fingerprint density at radius 2 is 2.17 bits per heavy atom. The van der Waals surface area contributed by atoms with Crippen molar-refractivity contribution in [3.63, 3.8) is 0 Å². The van der Waals surface area contributed by atoms with Gasteiger partial charge in [0.2, 0.25) is 0 Å². The zero-order valence-electron chi connectivity index (χ0n) is 10.4. The Morgan fingerprint density at radius 3 is 2.94 bits per heavy atom. The van der Waals surface area contributed by atoms with Crippen LogP contribution in [0.15, 0.2) is 47.1 Å². The molecule has 1 N–H and O–H groups in total. The summed E-state index contributed by atoms with van der Waals surface area (Å²) in [6, 6.07) is 12.4. The predicted molar refractivity (Wildman–Crippen MR) is 69.7 cm³/mol. The maximum absolute atomic E-state index is 5.88. The van der Waals surface area contributed by atoms with E-state index in [1.807, 2.05) is 24.3 Å². The van der Waals surface area contributed by atoms with Gasteiger partial charge in [-0.1, -0.05) is 18.2 Å². The van der Waals surface area contributed by atoms with Gasteiger partial charge in [-0.05, 0) is 30.7 Å². The van der Waals surface area contributed by atoms with Crippen molar-refractivity contribution in [2.75, 3.05) is 6.54 Å². The summed E-state index contributed by atoms with van der Waals surface area (Å²) in [6.07, 6.45) is 2.91. The minimum Gasteiger partial charge on any atom is -0.488 e. The first-order valence-electron chi connectivity index (χ1n) is 6.34. The second-order valence-corrected chi connectivity index (χ2v) is 4.70. The zero-order valence-corrected chi connectivity index (χ0v) is 10.4. The lowest BCUT2D eigenvalue weighted by Gasteiger charge is -2.15. The number of fused-ring (bicyclic) bond motifs is 1. The van der Waals surface area contributed by atoms with Crippen LogP contribution >= 0.6 is 0 Å². The van der Waals surface area contributed by atoms with Gasteiger partial charge in [-0.2, -0.15) is 0 Å². The van der Waals surface area contributed by atoms with Gasteiger partial charge in [0, 0.05) is 13.0 Å². The van der Waals surface area contributed by atoms with E-state index >= 15 is 0 Å². The Hall–Kier alpha value is -1.74. The van der Waals surface area contributed by atoms with Gasteiger partial charge in [0.15, 0.2) is 0 Å². The number of furan rings is 1. The second kappa shape index (κ2) is 4.86. The van der Waals surface area contributed by atoms with Crippen molar-refractivity contribution in [3.05, 3.63) is 54.0 Å². The van der Waals surface area contributed by atoms with Gasteiger partial charge in [0.05, 0.1) is 12.3 Å². The van der Waals surface area contributed by atoms with Gasteiger partial charge < -0.3 is 14.5 Å². The largest absolute Gasteiger partial charge is 0.488 e. The fraction of sp³-hybridized carbons (Fsp3) is 0.333. The summed E-state index contributed by atoms with van der Waals surface area (Å²) in [6.45, 7) is 2.93. The fourth-order valence-electron chi connectivity index (χ4n) is 2.31. The van der Waals surface area contributed by atoms with Crippen LogP contribution in [-0.2, 0) is 6.42 Å². The normalized spacial score (nSPS) is 19.3. The molecule has 0 fully saturated rings. The second-order valence-electron chi connectivity index (χ2n) is 4.70. The summed E-state index contributed by atoms with van der Waals surface area (Å²) < 4.78 is 11.3. The van der Waals surface area contributed by atoms with Crippen LogP contribution in [0.3, 0.4) is 0 Å². The van der Waals surface area contributed by atoms with Crippen molar-refractivity contribution in [1.29, 1.82) is 0 Å². The van der Waals surface area contributed by atoms with Crippen molar-refractivity contribution in [2.45, 2.75) is 25.5 Å². The summed E-state index contributed by atoms with van der Waals surface area (Å²) in [5, 5.41) is 3.44. The van der Waals surface area contributed by atoms with E-state index in [-0.39, 0.29) is 12.1 Å². The number of nitrogens with one attached hydrogen (secondary N) is 1. The van der Waals surface area contributed by atoms with E-state index in [4.69, 9.17) is 9.15 Å². The molecule has 94 valence electrons. The Labute approximate surface area is 107 Å². The molecule has 1 aliphatic heterocycles. The summed E-state index contributed by atoms with van der Waals surface area (Å²) in [7, 11) is 0. The number of ether oxygens (including phenoxy) is 1. The average Bonchev–Trinajstić information content (AvgIpc) is 3.04. The maximum Gasteiger partial charge on any atom is 0.123 e. The molecular formula is C15H17NO2. The van der Waals surface area contributed by atoms with Crippen LogP contribution in [0.25, 0.3) is 0 Å². The van der Waals surface area contributed by atoms with E-state index < -0.39 is 0 Å². The van der Waals surface area contributed by atoms with Crippen LogP contribution in [0, 0.1) is 0 Å². The number of rotatable bonds is 4. The van der Waals surface area contributed by atoms with E-state index in [1.165, 1.54) is 5.56 Å². The van der Waals surface area contributed by atoms with Crippen LogP contribution in [0.1, 0.15) is 24.3 Å². The van der Waals surface area contributed by atoms with E-state index in [9.17, 15) is 0 Å². The summed E-state index contributed by atoms with van der Waals surface area (Å²) in [4.78, 5) is 0. The monoisotopic (exact) mass is 243 g/mol. The summed E-state index contributed by atoms with van der Waals surface area (Å²) in [5.41, 5.74) is 1.30. The predicted octanol–water partition coefficient (Wildman–Crippen LogP) is 2.93. The summed E-state index contributed by atoms with van der Waals surface area (Å²) >= 11 is 0. The lowest BCUT2D eigenvalue weighted by atomic mass is 10.1. The molecule has 0 aliphatic carbocycles. The first kappa shape index (κ1) is 11.4. The quantitative estimate of drug-likeness (QED) is 0.896.